The second-order valence-electron chi connectivity index (χ2n) is 7.75. The SMILES string of the molecule is CCNc1nc(Cl)nc(NC(C)(C)C#N)n1.COC(=O)c1cc(Oc2ccc(Cl)cc2Cl)ccc1[N+](=O)[O-]. The molecule has 2 aromatic carbocycles. The highest BCUT2D eigenvalue weighted by Gasteiger charge is 2.22. The Morgan fingerprint density at radius 2 is 1.82 bits per heavy atom. The monoisotopic (exact) mass is 581 g/mol. The van der Waals surface area contributed by atoms with Gasteiger partial charge in [-0.3, -0.25) is 10.1 Å². The Bertz CT molecular complexity index is 1370. The van der Waals surface area contributed by atoms with Crippen molar-refractivity contribution in [3.8, 4) is 17.6 Å². The number of nitrogens with zero attached hydrogens (tertiary/aromatic N) is 5. The summed E-state index contributed by atoms with van der Waals surface area (Å²) in [6.07, 6.45) is 0. The molecule has 1 heterocycles. The standard InChI is InChI=1S/C14H9Cl2NO5.C9H13ClN6/c1-21-14(18)10-7-9(3-4-12(10)17(19)20)22-13-5-2-8(15)6-11(13)16;1-4-12-7-13-6(10)14-8(15-7)16-9(2,3)5-11/h2-7H,1H3;4H2,1-3H3,(H2,12,13,14,15,16). The molecule has 1 aromatic heterocycles. The Morgan fingerprint density at radius 3 is 2.39 bits per heavy atom. The van der Waals surface area contributed by atoms with Crippen LogP contribution in [0.5, 0.6) is 11.5 Å². The third-order valence-corrected chi connectivity index (χ3v) is 5.04. The van der Waals surface area contributed by atoms with Crippen LogP contribution in [0.15, 0.2) is 36.4 Å². The minimum absolute atomic E-state index is 0.0854. The van der Waals surface area contributed by atoms with Crippen molar-refractivity contribution < 1.29 is 19.2 Å². The maximum absolute atomic E-state index is 11.6. The zero-order valence-electron chi connectivity index (χ0n) is 20.6. The Hall–Kier alpha value is -3.92. The number of nitrogens with one attached hydrogen (secondary N) is 2. The van der Waals surface area contributed by atoms with E-state index >= 15 is 0 Å². The molecule has 0 saturated heterocycles. The highest BCUT2D eigenvalue weighted by Crippen LogP contribution is 2.33. The lowest BCUT2D eigenvalue weighted by Gasteiger charge is -2.17. The second-order valence-corrected chi connectivity index (χ2v) is 8.93. The van der Waals surface area contributed by atoms with Gasteiger partial charge in [0.2, 0.25) is 17.2 Å². The van der Waals surface area contributed by atoms with Crippen LogP contribution in [0.3, 0.4) is 0 Å². The predicted octanol–water partition coefficient (Wildman–Crippen LogP) is 6.15. The van der Waals surface area contributed by atoms with Crippen LogP contribution in [0.4, 0.5) is 17.6 Å². The van der Waals surface area contributed by atoms with Gasteiger partial charge in [0.15, 0.2) is 0 Å². The molecule has 15 heteroatoms. The number of hydrogen-bond acceptors (Lipinski definition) is 11. The van der Waals surface area contributed by atoms with Gasteiger partial charge in [-0.05, 0) is 56.6 Å². The molecule has 0 fully saturated rings. The van der Waals surface area contributed by atoms with Crippen molar-refractivity contribution in [2.24, 2.45) is 0 Å². The van der Waals surface area contributed by atoms with E-state index in [1.807, 2.05) is 6.92 Å². The topological polar surface area (TPSA) is 165 Å². The van der Waals surface area contributed by atoms with E-state index in [2.05, 4.69) is 36.4 Å². The summed E-state index contributed by atoms with van der Waals surface area (Å²) >= 11 is 17.5. The van der Waals surface area contributed by atoms with Gasteiger partial charge < -0.3 is 20.1 Å². The number of benzene rings is 2. The number of methoxy groups -OCH3 is 1. The average molecular weight is 583 g/mol. The first kappa shape index (κ1) is 30.3. The van der Waals surface area contributed by atoms with Gasteiger partial charge in [0.1, 0.15) is 22.6 Å². The van der Waals surface area contributed by atoms with Crippen molar-refractivity contribution in [2.75, 3.05) is 24.3 Å². The zero-order valence-corrected chi connectivity index (χ0v) is 22.9. The smallest absolute Gasteiger partial charge is 0.345 e. The maximum Gasteiger partial charge on any atom is 0.345 e. The third-order valence-electron chi connectivity index (χ3n) is 4.34. The number of nitriles is 1. The van der Waals surface area contributed by atoms with Gasteiger partial charge in [0.05, 0.1) is 23.1 Å². The minimum Gasteiger partial charge on any atom is -0.465 e. The van der Waals surface area contributed by atoms with Crippen molar-refractivity contribution in [3.63, 3.8) is 0 Å². The van der Waals surface area contributed by atoms with Crippen molar-refractivity contribution >= 4 is 58.4 Å². The molecule has 0 unspecified atom stereocenters. The summed E-state index contributed by atoms with van der Waals surface area (Å²) in [7, 11) is 1.13. The summed E-state index contributed by atoms with van der Waals surface area (Å²) in [4.78, 5) is 33.7. The van der Waals surface area contributed by atoms with Gasteiger partial charge in [-0.1, -0.05) is 23.2 Å². The largest absolute Gasteiger partial charge is 0.465 e. The van der Waals surface area contributed by atoms with Crippen molar-refractivity contribution in [2.45, 2.75) is 26.3 Å². The highest BCUT2D eigenvalue weighted by molar-refractivity contribution is 6.35. The quantitative estimate of drug-likeness (QED) is 0.178. The van der Waals surface area contributed by atoms with Crippen LogP contribution in [0.2, 0.25) is 15.3 Å². The molecular formula is C23H22Cl3N7O5. The first-order valence-corrected chi connectivity index (χ1v) is 11.9. The van der Waals surface area contributed by atoms with Gasteiger partial charge in [0.25, 0.3) is 5.69 Å². The van der Waals surface area contributed by atoms with E-state index in [0.29, 0.717) is 23.3 Å². The normalized spacial score (nSPS) is 10.4. The number of aromatic nitrogens is 3. The number of nitro benzene ring substituents is 1. The Morgan fingerprint density at radius 1 is 1.13 bits per heavy atom. The van der Waals surface area contributed by atoms with E-state index in [1.54, 1.807) is 26.0 Å². The number of anilines is 2. The summed E-state index contributed by atoms with van der Waals surface area (Å²) in [5.74, 6) is 0.339. The van der Waals surface area contributed by atoms with Gasteiger partial charge >= 0.3 is 5.97 Å². The van der Waals surface area contributed by atoms with Gasteiger partial charge in [-0.15, -0.1) is 0 Å². The number of esters is 1. The number of halogens is 3. The molecule has 0 saturated carbocycles. The van der Waals surface area contributed by atoms with Gasteiger partial charge in [0, 0.05) is 23.7 Å². The fourth-order valence-corrected chi connectivity index (χ4v) is 3.25. The highest BCUT2D eigenvalue weighted by atomic mass is 35.5. The van der Waals surface area contributed by atoms with Crippen LogP contribution in [0.25, 0.3) is 0 Å². The molecule has 12 nitrogen and oxygen atoms in total. The lowest BCUT2D eigenvalue weighted by molar-refractivity contribution is -0.385. The molecule has 0 atom stereocenters. The van der Waals surface area contributed by atoms with E-state index in [1.165, 1.54) is 18.2 Å². The molecule has 0 aliphatic carbocycles. The molecule has 3 aromatic rings. The molecule has 2 N–H and O–H groups in total. The van der Waals surface area contributed by atoms with E-state index in [0.717, 1.165) is 13.2 Å². The molecule has 0 aliphatic rings. The fraction of sp³-hybridized carbons (Fsp3) is 0.261. The van der Waals surface area contributed by atoms with Crippen molar-refractivity contribution in [1.29, 1.82) is 5.26 Å². The molecule has 0 amide bonds. The third kappa shape index (κ3) is 8.88. The second kappa shape index (κ2) is 13.6. The molecule has 3 rings (SSSR count). The van der Waals surface area contributed by atoms with Gasteiger partial charge in [-0.25, -0.2) is 4.79 Å². The number of carbonyl (C=O) groups is 1. The molecule has 0 spiro atoms. The number of ether oxygens (including phenoxy) is 2. The fourth-order valence-electron chi connectivity index (χ4n) is 2.65. The lowest BCUT2D eigenvalue weighted by atomic mass is 10.1. The number of nitro groups is 1. The maximum atomic E-state index is 11.6. The zero-order chi connectivity index (χ0) is 28.5. The predicted molar refractivity (Wildman–Crippen MR) is 143 cm³/mol. The Labute approximate surface area is 233 Å². The summed E-state index contributed by atoms with van der Waals surface area (Å²) in [5.41, 5.74) is -1.34. The molecule has 0 radical (unpaired) electrons. The number of carbonyl (C=O) groups excluding carboxylic acids is 1. The first-order valence-electron chi connectivity index (χ1n) is 10.7. The molecule has 200 valence electrons. The van der Waals surface area contributed by atoms with E-state index in [-0.39, 0.29) is 33.3 Å². The summed E-state index contributed by atoms with van der Waals surface area (Å²) < 4.78 is 10.0. The van der Waals surface area contributed by atoms with Crippen LogP contribution < -0.4 is 15.4 Å². The van der Waals surface area contributed by atoms with E-state index in [4.69, 9.17) is 44.8 Å². The number of rotatable bonds is 8. The van der Waals surface area contributed by atoms with Crippen molar-refractivity contribution in [3.05, 3.63) is 67.4 Å². The molecular weight excluding hydrogens is 561 g/mol. The van der Waals surface area contributed by atoms with Crippen LogP contribution in [0.1, 0.15) is 31.1 Å². The molecule has 38 heavy (non-hydrogen) atoms. The van der Waals surface area contributed by atoms with Crippen LogP contribution in [0, 0.1) is 21.4 Å². The van der Waals surface area contributed by atoms with E-state index < -0.39 is 16.4 Å². The average Bonchev–Trinajstić information content (AvgIpc) is 2.85. The first-order chi connectivity index (χ1) is 17.9. The minimum atomic E-state index is -0.834. The number of hydrogen-bond donors (Lipinski definition) is 2. The van der Waals surface area contributed by atoms with Crippen LogP contribution >= 0.6 is 34.8 Å². The summed E-state index contributed by atoms with van der Waals surface area (Å²) in [5, 5.41) is 26.4. The van der Waals surface area contributed by atoms with E-state index in [9.17, 15) is 14.9 Å². The lowest BCUT2D eigenvalue weighted by Crippen LogP contribution is -2.29. The summed E-state index contributed by atoms with van der Waals surface area (Å²) in [6.45, 7) is 6.04. The molecule has 0 aliphatic heterocycles. The van der Waals surface area contributed by atoms with Gasteiger partial charge in [-0.2, -0.15) is 20.2 Å². The van der Waals surface area contributed by atoms with Crippen LogP contribution in [-0.2, 0) is 4.74 Å². The van der Waals surface area contributed by atoms with Crippen molar-refractivity contribution in [1.82, 2.24) is 15.0 Å². The Balaban J connectivity index is 0.000000281. The molecule has 0 bridgehead atoms. The van der Waals surface area contributed by atoms with Crippen LogP contribution in [-0.4, -0.2) is 45.0 Å². The summed E-state index contributed by atoms with van der Waals surface area (Å²) in [6, 6.07) is 10.4. The Kier molecular flexibility index (Phi) is 10.8.